The van der Waals surface area contributed by atoms with E-state index in [9.17, 15) is 0 Å². The molecule has 10 heteroatoms. The van der Waals surface area contributed by atoms with Crippen molar-refractivity contribution in [3.63, 3.8) is 0 Å². The van der Waals surface area contributed by atoms with Gasteiger partial charge in [-0.15, -0.1) is 0 Å². The molecule has 0 aromatic carbocycles. The Hall–Kier alpha value is -0.696. The van der Waals surface area contributed by atoms with Crippen LogP contribution in [-0.2, 0) is 27.5 Å². The third kappa shape index (κ3) is 10.1. The van der Waals surface area contributed by atoms with E-state index in [1.807, 2.05) is 26.8 Å². The van der Waals surface area contributed by atoms with Crippen LogP contribution in [0.5, 0.6) is 0 Å². The number of unbranched alkanes of at least 4 members (excludes halogenated alkanes) is 1. The molecular formula is C20H40N2O6Si2. The summed E-state index contributed by atoms with van der Waals surface area (Å²) in [4.78, 5) is 3.59. The van der Waals surface area contributed by atoms with Gasteiger partial charge in [-0.3, -0.25) is 4.43 Å². The zero-order chi connectivity index (χ0) is 22.1. The Morgan fingerprint density at radius 2 is 1.57 bits per heavy atom. The predicted octanol–water partition coefficient (Wildman–Crippen LogP) is 2.72. The average Bonchev–Trinajstić information content (AvgIpc) is 2.75. The van der Waals surface area contributed by atoms with Crippen molar-refractivity contribution in [1.29, 1.82) is 0 Å². The summed E-state index contributed by atoms with van der Waals surface area (Å²) in [5.74, 6) is 0. The Morgan fingerprint density at radius 1 is 0.933 bits per heavy atom. The molecule has 0 aliphatic heterocycles. The number of ether oxygens (including phenoxy) is 3. The fraction of sp³-hybridized carbons (Fsp3) is 0.750. The first-order valence-electron chi connectivity index (χ1n) is 10.9. The molecule has 8 nitrogen and oxygen atoms in total. The minimum Gasteiger partial charge on any atom is -0.417 e. The number of hydrogen-bond donors (Lipinski definition) is 2. The van der Waals surface area contributed by atoms with Crippen LogP contribution in [0.4, 0.5) is 0 Å². The summed E-state index contributed by atoms with van der Waals surface area (Å²) in [7, 11) is -2.32. The molecule has 1 heterocycles. The van der Waals surface area contributed by atoms with Crippen molar-refractivity contribution < 1.29 is 27.5 Å². The lowest BCUT2D eigenvalue weighted by Gasteiger charge is -2.38. The monoisotopic (exact) mass is 460 g/mol. The number of rotatable bonds is 19. The van der Waals surface area contributed by atoms with E-state index in [0.717, 1.165) is 25.8 Å². The first-order valence-corrected chi connectivity index (χ1v) is 14.5. The van der Waals surface area contributed by atoms with Gasteiger partial charge in [-0.2, -0.15) is 0 Å². The van der Waals surface area contributed by atoms with Crippen LogP contribution in [-0.4, -0.2) is 70.1 Å². The van der Waals surface area contributed by atoms with Crippen molar-refractivity contribution in [2.24, 2.45) is 5.73 Å². The summed E-state index contributed by atoms with van der Waals surface area (Å²) in [6, 6.07) is 6.82. The lowest BCUT2D eigenvalue weighted by atomic mass is 10.3. The highest BCUT2D eigenvalue weighted by Crippen LogP contribution is 2.28. The summed E-state index contributed by atoms with van der Waals surface area (Å²) in [5.41, 5.74) is 10.1. The van der Waals surface area contributed by atoms with Gasteiger partial charge >= 0.3 is 15.0 Å². The molecule has 1 aromatic rings. The molecular weight excluding hydrogens is 420 g/mol. The van der Waals surface area contributed by atoms with E-state index in [4.69, 9.17) is 33.2 Å². The van der Waals surface area contributed by atoms with Crippen LogP contribution < -0.4 is 10.7 Å². The van der Waals surface area contributed by atoms with Crippen LogP contribution in [0, 0.1) is 0 Å². The minimum absolute atomic E-state index is 0.365. The zero-order valence-electron chi connectivity index (χ0n) is 19.0. The molecule has 1 rings (SSSR count). The Morgan fingerprint density at radius 3 is 2.10 bits per heavy atom. The summed E-state index contributed by atoms with van der Waals surface area (Å²) in [6.07, 6.45) is 0.918. The molecule has 0 fully saturated rings. The first-order chi connectivity index (χ1) is 14.6. The Kier molecular flexibility index (Phi) is 14.6. The smallest absolute Gasteiger partial charge is 0.417 e. The summed E-state index contributed by atoms with van der Waals surface area (Å²) in [5, 5.41) is 0. The van der Waals surface area contributed by atoms with E-state index in [2.05, 4.69) is 28.5 Å². The SMILES string of the molecule is CCOC(OCC)(OCC)O[Si](CCCN[si]1ccccc1)(OC)OCCCCN. The second-order valence-electron chi connectivity index (χ2n) is 6.53. The van der Waals surface area contributed by atoms with E-state index in [-0.39, 0.29) is 0 Å². The van der Waals surface area contributed by atoms with Crippen molar-refractivity contribution in [3.8, 4) is 0 Å². The second kappa shape index (κ2) is 16.0. The zero-order valence-corrected chi connectivity index (χ0v) is 21.0. The molecule has 174 valence electrons. The quantitative estimate of drug-likeness (QED) is 0.185. The third-order valence-corrected chi connectivity index (χ3v) is 8.79. The van der Waals surface area contributed by atoms with E-state index in [1.54, 1.807) is 7.11 Å². The maximum absolute atomic E-state index is 6.31. The highest BCUT2D eigenvalue weighted by molar-refractivity contribution is 6.60. The van der Waals surface area contributed by atoms with Crippen LogP contribution in [0.1, 0.15) is 40.0 Å². The van der Waals surface area contributed by atoms with Crippen molar-refractivity contribution in [1.82, 2.24) is 0 Å². The highest BCUT2D eigenvalue weighted by Gasteiger charge is 2.50. The Labute approximate surface area is 184 Å². The van der Waals surface area contributed by atoms with Crippen molar-refractivity contribution in [3.05, 3.63) is 29.6 Å². The fourth-order valence-electron chi connectivity index (χ4n) is 2.86. The molecule has 0 saturated heterocycles. The highest BCUT2D eigenvalue weighted by atomic mass is 28.4. The van der Waals surface area contributed by atoms with Gasteiger partial charge < -0.3 is 33.8 Å². The standard InChI is InChI=1S/C20H40N2O6Si2/c1-5-24-20(25-6-2,26-7-3)28-30(23-4,27-16-10-9-14-21)19-13-15-22-29-17-11-8-12-18-29/h8,11-12,17-18,22H,5-7,9-10,13-16,19,21H2,1-4H3. The molecule has 1 unspecified atom stereocenters. The van der Waals surface area contributed by atoms with Gasteiger partial charge in [-0.25, -0.2) is 0 Å². The molecule has 0 amide bonds. The number of hydrogen-bond acceptors (Lipinski definition) is 8. The average molecular weight is 461 g/mol. The third-order valence-electron chi connectivity index (χ3n) is 4.24. The van der Waals surface area contributed by atoms with Crippen LogP contribution in [0.15, 0.2) is 29.6 Å². The Balaban J connectivity index is 2.86. The van der Waals surface area contributed by atoms with Crippen molar-refractivity contribution >= 4 is 17.4 Å². The van der Waals surface area contributed by atoms with Crippen LogP contribution >= 0.6 is 0 Å². The normalized spacial score (nSPS) is 13.9. The molecule has 30 heavy (non-hydrogen) atoms. The van der Waals surface area contributed by atoms with Crippen molar-refractivity contribution in [2.75, 3.05) is 51.6 Å². The van der Waals surface area contributed by atoms with Gasteiger partial charge in [-0.1, -0.05) is 29.6 Å². The molecule has 0 saturated carbocycles. The van der Waals surface area contributed by atoms with E-state index >= 15 is 0 Å². The second-order valence-corrected chi connectivity index (χ2v) is 11.2. The van der Waals surface area contributed by atoms with Gasteiger partial charge in [0.2, 0.25) is 0 Å². The number of nitrogens with two attached hydrogens (primary N) is 1. The van der Waals surface area contributed by atoms with Gasteiger partial charge in [-0.05, 0) is 46.6 Å². The molecule has 0 spiro atoms. The molecule has 1 aromatic heterocycles. The van der Waals surface area contributed by atoms with E-state index in [0.29, 0.717) is 39.0 Å². The maximum atomic E-state index is 6.31. The van der Waals surface area contributed by atoms with Gasteiger partial charge in [0.25, 0.3) is 0 Å². The minimum atomic E-state index is -3.14. The van der Waals surface area contributed by atoms with E-state index < -0.39 is 23.5 Å². The first kappa shape index (κ1) is 27.3. The topological polar surface area (TPSA) is 93.4 Å². The largest absolute Gasteiger partial charge is 0.506 e. The van der Waals surface area contributed by atoms with Gasteiger partial charge in [0.15, 0.2) is 8.56 Å². The van der Waals surface area contributed by atoms with Gasteiger partial charge in [0.05, 0.1) is 19.8 Å². The summed E-state index contributed by atoms with van der Waals surface area (Å²) in [6.45, 7) is 8.65. The lowest BCUT2D eigenvalue weighted by molar-refractivity contribution is -0.478. The van der Waals surface area contributed by atoms with Crippen LogP contribution in [0.25, 0.3) is 0 Å². The van der Waals surface area contributed by atoms with Gasteiger partial charge in [0, 0.05) is 26.3 Å². The molecule has 0 radical (unpaired) electrons. The summed E-state index contributed by atoms with van der Waals surface area (Å²) >= 11 is 0. The lowest BCUT2D eigenvalue weighted by Crippen LogP contribution is -2.56. The van der Waals surface area contributed by atoms with Crippen molar-refractivity contribution in [2.45, 2.75) is 52.2 Å². The van der Waals surface area contributed by atoms with Crippen LogP contribution in [0.2, 0.25) is 6.04 Å². The van der Waals surface area contributed by atoms with Gasteiger partial charge in [0.1, 0.15) is 0 Å². The number of nitrogens with one attached hydrogen (secondary N) is 1. The Bertz CT molecular complexity index is 526. The molecule has 0 bridgehead atoms. The predicted molar refractivity (Wildman–Crippen MR) is 122 cm³/mol. The molecule has 3 N–H and O–H groups in total. The van der Waals surface area contributed by atoms with Crippen LogP contribution in [0.3, 0.4) is 0 Å². The fourth-order valence-corrected chi connectivity index (χ4v) is 6.64. The molecule has 0 aliphatic rings. The molecule has 0 aliphatic carbocycles. The maximum Gasteiger partial charge on any atom is 0.506 e. The van der Waals surface area contributed by atoms with E-state index in [1.165, 1.54) is 0 Å². The summed E-state index contributed by atoms with van der Waals surface area (Å²) < 4.78 is 35.7. The molecule has 1 atom stereocenters.